The van der Waals surface area contributed by atoms with Crippen molar-refractivity contribution < 1.29 is 9.90 Å². The highest BCUT2D eigenvalue weighted by molar-refractivity contribution is 14.1. The molecule has 2 aromatic carbocycles. The first-order chi connectivity index (χ1) is 8.56. The number of aromatic hydroxyl groups is 1. The molecule has 0 aromatic heterocycles. The van der Waals surface area contributed by atoms with Crippen molar-refractivity contribution in [2.75, 3.05) is 5.32 Å². The van der Waals surface area contributed by atoms with Gasteiger partial charge in [0.25, 0.3) is 5.91 Å². The fourth-order valence-electron chi connectivity index (χ4n) is 1.42. The van der Waals surface area contributed by atoms with Crippen molar-refractivity contribution in [3.05, 3.63) is 56.1 Å². The summed E-state index contributed by atoms with van der Waals surface area (Å²) in [7, 11) is 0. The Kier molecular flexibility index (Phi) is 4.23. The number of amides is 1. The summed E-state index contributed by atoms with van der Waals surface area (Å²) in [6.45, 7) is 0. The van der Waals surface area contributed by atoms with Crippen LogP contribution in [0.1, 0.15) is 10.4 Å². The molecule has 2 aromatic rings. The highest BCUT2D eigenvalue weighted by atomic mass is 127. The summed E-state index contributed by atoms with van der Waals surface area (Å²) in [4.78, 5) is 12.0. The van der Waals surface area contributed by atoms with Gasteiger partial charge in [-0.3, -0.25) is 4.79 Å². The summed E-state index contributed by atoms with van der Waals surface area (Å²) in [6, 6.07) is 12.1. The molecule has 18 heavy (non-hydrogen) atoms. The number of hydrogen-bond acceptors (Lipinski definition) is 2. The van der Waals surface area contributed by atoms with Gasteiger partial charge in [-0.25, -0.2) is 0 Å². The predicted octanol–water partition coefficient (Wildman–Crippen LogP) is 4.01. The molecule has 0 aliphatic heterocycles. The lowest BCUT2D eigenvalue weighted by atomic mass is 10.2. The second-order valence-corrected chi connectivity index (χ2v) is 5.78. The predicted molar refractivity (Wildman–Crippen MR) is 82.9 cm³/mol. The van der Waals surface area contributed by atoms with Crippen molar-refractivity contribution in [1.82, 2.24) is 0 Å². The van der Waals surface area contributed by atoms with E-state index in [0.29, 0.717) is 5.69 Å². The molecular weight excluding hydrogens is 409 g/mol. The number of carbonyl (C=O) groups excluding carboxylic acids is 1. The minimum Gasteiger partial charge on any atom is -0.507 e. The van der Waals surface area contributed by atoms with Gasteiger partial charge in [-0.15, -0.1) is 0 Å². The summed E-state index contributed by atoms with van der Waals surface area (Å²) < 4.78 is 1.84. The lowest BCUT2D eigenvalue weighted by Gasteiger charge is -2.07. The van der Waals surface area contributed by atoms with Crippen molar-refractivity contribution in [1.29, 1.82) is 0 Å². The normalized spacial score (nSPS) is 10.1. The van der Waals surface area contributed by atoms with Gasteiger partial charge in [0, 0.05) is 13.7 Å². The van der Waals surface area contributed by atoms with Crippen LogP contribution in [0.4, 0.5) is 5.69 Å². The molecule has 0 atom stereocenters. The van der Waals surface area contributed by atoms with E-state index in [1.54, 1.807) is 24.3 Å². The Bertz CT molecular complexity index is 584. The van der Waals surface area contributed by atoms with Crippen molar-refractivity contribution in [2.24, 2.45) is 0 Å². The number of rotatable bonds is 2. The summed E-state index contributed by atoms with van der Waals surface area (Å²) in [5.74, 6) is -0.349. The SMILES string of the molecule is O=C(Nc1ccc(Br)cc1)c1cc(I)ccc1O. The Morgan fingerprint density at radius 1 is 1.17 bits per heavy atom. The number of halogens is 2. The molecule has 0 aliphatic carbocycles. The summed E-state index contributed by atoms with van der Waals surface area (Å²) in [6.07, 6.45) is 0. The first-order valence-electron chi connectivity index (χ1n) is 5.12. The first kappa shape index (κ1) is 13.4. The van der Waals surface area contributed by atoms with Crippen molar-refractivity contribution in [2.45, 2.75) is 0 Å². The zero-order chi connectivity index (χ0) is 13.1. The van der Waals surface area contributed by atoms with Crippen LogP contribution < -0.4 is 5.32 Å². The molecule has 0 bridgehead atoms. The molecular formula is C13H9BrINO2. The molecule has 0 radical (unpaired) electrons. The van der Waals surface area contributed by atoms with Gasteiger partial charge in [-0.1, -0.05) is 15.9 Å². The van der Waals surface area contributed by atoms with Crippen LogP contribution in [-0.4, -0.2) is 11.0 Å². The monoisotopic (exact) mass is 417 g/mol. The fourth-order valence-corrected chi connectivity index (χ4v) is 2.18. The van der Waals surface area contributed by atoms with Crippen LogP contribution >= 0.6 is 38.5 Å². The van der Waals surface area contributed by atoms with Gasteiger partial charge in [0.1, 0.15) is 5.75 Å². The smallest absolute Gasteiger partial charge is 0.259 e. The third-order valence-electron chi connectivity index (χ3n) is 2.31. The van der Waals surface area contributed by atoms with Crippen LogP contribution in [-0.2, 0) is 0 Å². The lowest BCUT2D eigenvalue weighted by molar-refractivity contribution is 0.102. The number of phenols is 1. The molecule has 2 rings (SSSR count). The molecule has 92 valence electrons. The fraction of sp³-hybridized carbons (Fsp3) is 0. The first-order valence-corrected chi connectivity index (χ1v) is 6.99. The van der Waals surface area contributed by atoms with E-state index in [4.69, 9.17) is 0 Å². The van der Waals surface area contributed by atoms with Gasteiger partial charge in [0.15, 0.2) is 0 Å². The number of carbonyl (C=O) groups is 1. The second-order valence-electron chi connectivity index (χ2n) is 3.62. The molecule has 0 heterocycles. The number of benzene rings is 2. The van der Waals surface area contributed by atoms with E-state index in [2.05, 4.69) is 43.8 Å². The highest BCUT2D eigenvalue weighted by Gasteiger charge is 2.11. The van der Waals surface area contributed by atoms with Gasteiger partial charge >= 0.3 is 0 Å². The Hall–Kier alpha value is -1.08. The van der Waals surface area contributed by atoms with E-state index in [9.17, 15) is 9.90 Å². The van der Waals surface area contributed by atoms with Gasteiger partial charge in [-0.2, -0.15) is 0 Å². The number of nitrogens with one attached hydrogen (secondary N) is 1. The van der Waals surface area contributed by atoms with Crippen LogP contribution in [0.2, 0.25) is 0 Å². The zero-order valence-electron chi connectivity index (χ0n) is 9.15. The van der Waals surface area contributed by atoms with E-state index in [0.717, 1.165) is 8.04 Å². The van der Waals surface area contributed by atoms with Crippen molar-refractivity contribution >= 4 is 50.1 Å². The van der Waals surface area contributed by atoms with E-state index in [1.165, 1.54) is 6.07 Å². The van der Waals surface area contributed by atoms with E-state index in [-0.39, 0.29) is 17.2 Å². The molecule has 0 aliphatic rings. The largest absolute Gasteiger partial charge is 0.507 e. The highest BCUT2D eigenvalue weighted by Crippen LogP contribution is 2.21. The minimum absolute atomic E-state index is 0.0231. The Labute approximate surface area is 126 Å². The molecule has 0 saturated heterocycles. The van der Waals surface area contributed by atoms with Crippen LogP contribution in [0.3, 0.4) is 0 Å². The maximum absolute atomic E-state index is 12.0. The maximum atomic E-state index is 12.0. The van der Waals surface area contributed by atoms with E-state index >= 15 is 0 Å². The van der Waals surface area contributed by atoms with Crippen molar-refractivity contribution in [3.8, 4) is 5.75 Å². The van der Waals surface area contributed by atoms with Crippen LogP contribution in [0.5, 0.6) is 5.75 Å². The molecule has 3 nitrogen and oxygen atoms in total. The molecule has 5 heteroatoms. The average Bonchev–Trinajstić information content (AvgIpc) is 2.35. The zero-order valence-corrected chi connectivity index (χ0v) is 12.9. The second kappa shape index (κ2) is 5.71. The number of phenolic OH excluding ortho intramolecular Hbond substituents is 1. The maximum Gasteiger partial charge on any atom is 0.259 e. The third-order valence-corrected chi connectivity index (χ3v) is 3.50. The Balaban J connectivity index is 2.21. The average molecular weight is 418 g/mol. The summed E-state index contributed by atoms with van der Waals surface area (Å²) in [5.41, 5.74) is 0.950. The van der Waals surface area contributed by atoms with Gasteiger partial charge < -0.3 is 10.4 Å². The van der Waals surface area contributed by atoms with Gasteiger partial charge in [-0.05, 0) is 65.1 Å². The standard InChI is InChI=1S/C13H9BrINO2/c14-8-1-4-10(5-2-8)16-13(18)11-7-9(15)3-6-12(11)17/h1-7,17H,(H,16,18). The number of anilines is 1. The van der Waals surface area contributed by atoms with Crippen LogP contribution in [0.15, 0.2) is 46.9 Å². The van der Waals surface area contributed by atoms with Crippen molar-refractivity contribution in [3.63, 3.8) is 0 Å². The molecule has 0 fully saturated rings. The lowest BCUT2D eigenvalue weighted by Crippen LogP contribution is -2.12. The van der Waals surface area contributed by atoms with E-state index < -0.39 is 0 Å². The molecule has 0 unspecified atom stereocenters. The minimum atomic E-state index is -0.326. The quantitative estimate of drug-likeness (QED) is 0.725. The molecule has 0 saturated carbocycles. The van der Waals surface area contributed by atoms with Crippen LogP contribution in [0.25, 0.3) is 0 Å². The van der Waals surface area contributed by atoms with Gasteiger partial charge in [0.05, 0.1) is 5.56 Å². The number of hydrogen-bond donors (Lipinski definition) is 2. The molecule has 0 spiro atoms. The summed E-state index contributed by atoms with van der Waals surface area (Å²) in [5, 5.41) is 12.4. The van der Waals surface area contributed by atoms with Gasteiger partial charge in [0.2, 0.25) is 0 Å². The Morgan fingerprint density at radius 3 is 2.50 bits per heavy atom. The van der Waals surface area contributed by atoms with Crippen LogP contribution in [0, 0.1) is 3.57 Å². The molecule has 1 amide bonds. The third kappa shape index (κ3) is 3.23. The molecule has 2 N–H and O–H groups in total. The van der Waals surface area contributed by atoms with E-state index in [1.807, 2.05) is 12.1 Å². The Morgan fingerprint density at radius 2 is 1.83 bits per heavy atom. The topological polar surface area (TPSA) is 49.3 Å². The summed E-state index contributed by atoms with van der Waals surface area (Å²) >= 11 is 5.42.